The summed E-state index contributed by atoms with van der Waals surface area (Å²) in [4.78, 5) is 25.0. The number of rotatable bonds is 6. The SMILES string of the molecule is CCOC(=O)c1c(-c2ccc(C(C)(C)C)cc2)csc1NC(=O)/C=C\c1ccco1. The number of nitrogens with one attached hydrogen (secondary N) is 1. The molecule has 0 spiro atoms. The van der Waals surface area contributed by atoms with Crippen molar-refractivity contribution in [2.75, 3.05) is 11.9 Å². The zero-order valence-corrected chi connectivity index (χ0v) is 18.3. The fourth-order valence-corrected chi connectivity index (χ4v) is 3.88. The zero-order chi connectivity index (χ0) is 21.7. The van der Waals surface area contributed by atoms with Crippen molar-refractivity contribution in [2.24, 2.45) is 0 Å². The Morgan fingerprint density at radius 1 is 1.17 bits per heavy atom. The second-order valence-corrected chi connectivity index (χ2v) is 8.62. The van der Waals surface area contributed by atoms with Gasteiger partial charge in [0.05, 0.1) is 12.9 Å². The molecular formula is C24H25NO4S. The van der Waals surface area contributed by atoms with Crippen LogP contribution in [0.1, 0.15) is 49.4 Å². The maximum Gasteiger partial charge on any atom is 0.341 e. The number of anilines is 1. The lowest BCUT2D eigenvalue weighted by atomic mass is 9.86. The molecule has 0 unspecified atom stereocenters. The Morgan fingerprint density at radius 2 is 1.90 bits per heavy atom. The van der Waals surface area contributed by atoms with Crippen LogP contribution in [-0.2, 0) is 14.9 Å². The van der Waals surface area contributed by atoms with Crippen molar-refractivity contribution < 1.29 is 18.7 Å². The van der Waals surface area contributed by atoms with Crippen LogP contribution in [-0.4, -0.2) is 18.5 Å². The molecule has 2 aromatic heterocycles. The molecule has 0 fully saturated rings. The van der Waals surface area contributed by atoms with Gasteiger partial charge in [-0.3, -0.25) is 4.79 Å². The Morgan fingerprint density at radius 3 is 2.50 bits per heavy atom. The molecule has 0 radical (unpaired) electrons. The third-order valence-corrected chi connectivity index (χ3v) is 5.41. The largest absolute Gasteiger partial charge is 0.465 e. The van der Waals surface area contributed by atoms with Crippen LogP contribution in [0.2, 0.25) is 0 Å². The molecule has 30 heavy (non-hydrogen) atoms. The van der Waals surface area contributed by atoms with E-state index >= 15 is 0 Å². The van der Waals surface area contributed by atoms with Gasteiger partial charge in [-0.1, -0.05) is 45.0 Å². The number of carbonyl (C=O) groups excluding carboxylic acids is 2. The van der Waals surface area contributed by atoms with Gasteiger partial charge in [-0.25, -0.2) is 4.79 Å². The molecule has 1 aromatic carbocycles. The number of thiophene rings is 1. The van der Waals surface area contributed by atoms with Gasteiger partial charge in [-0.2, -0.15) is 0 Å². The summed E-state index contributed by atoms with van der Waals surface area (Å²) in [6.07, 6.45) is 4.47. The van der Waals surface area contributed by atoms with Crippen LogP contribution in [0, 0.1) is 0 Å². The highest BCUT2D eigenvalue weighted by Crippen LogP contribution is 2.37. The Kier molecular flexibility index (Phi) is 6.57. The van der Waals surface area contributed by atoms with E-state index in [0.29, 0.717) is 16.3 Å². The summed E-state index contributed by atoms with van der Waals surface area (Å²) in [5.41, 5.74) is 3.25. The van der Waals surface area contributed by atoms with Gasteiger partial charge in [-0.15, -0.1) is 11.3 Å². The first-order chi connectivity index (χ1) is 14.3. The van der Waals surface area contributed by atoms with Gasteiger partial charge < -0.3 is 14.5 Å². The Balaban J connectivity index is 1.90. The first-order valence-corrected chi connectivity index (χ1v) is 10.6. The Hall–Kier alpha value is -3.12. The van der Waals surface area contributed by atoms with Crippen molar-refractivity contribution in [1.82, 2.24) is 0 Å². The molecule has 0 saturated carbocycles. The van der Waals surface area contributed by atoms with Crippen molar-refractivity contribution in [2.45, 2.75) is 33.1 Å². The van der Waals surface area contributed by atoms with Gasteiger partial charge in [0, 0.05) is 17.0 Å². The predicted molar refractivity (Wildman–Crippen MR) is 121 cm³/mol. The van der Waals surface area contributed by atoms with E-state index in [9.17, 15) is 9.59 Å². The standard InChI is InChI=1S/C24H25NO4S/c1-5-28-23(27)21-19(16-8-10-17(11-9-16)24(2,3)4)15-30-22(21)25-20(26)13-12-18-7-6-14-29-18/h6-15H,5H2,1-4H3,(H,25,26)/b13-12-. The third kappa shape index (κ3) is 5.07. The smallest absolute Gasteiger partial charge is 0.341 e. The van der Waals surface area contributed by atoms with Crippen molar-refractivity contribution in [3.63, 3.8) is 0 Å². The van der Waals surface area contributed by atoms with Crippen LogP contribution >= 0.6 is 11.3 Å². The van der Waals surface area contributed by atoms with Crippen LogP contribution in [0.5, 0.6) is 0 Å². The summed E-state index contributed by atoms with van der Waals surface area (Å²) < 4.78 is 10.4. The van der Waals surface area contributed by atoms with E-state index in [4.69, 9.17) is 9.15 Å². The molecule has 1 N–H and O–H groups in total. The van der Waals surface area contributed by atoms with E-state index in [0.717, 1.165) is 11.1 Å². The highest BCUT2D eigenvalue weighted by molar-refractivity contribution is 7.15. The lowest BCUT2D eigenvalue weighted by Gasteiger charge is -2.19. The Labute approximate surface area is 180 Å². The summed E-state index contributed by atoms with van der Waals surface area (Å²) in [6, 6.07) is 11.6. The van der Waals surface area contributed by atoms with E-state index in [-0.39, 0.29) is 17.9 Å². The number of carbonyl (C=O) groups is 2. The quantitative estimate of drug-likeness (QED) is 0.382. The first-order valence-electron chi connectivity index (χ1n) is 9.71. The third-order valence-electron chi connectivity index (χ3n) is 4.51. The van der Waals surface area contributed by atoms with Gasteiger partial charge in [0.1, 0.15) is 16.3 Å². The second-order valence-electron chi connectivity index (χ2n) is 7.74. The number of hydrogen-bond acceptors (Lipinski definition) is 5. The molecule has 0 aliphatic carbocycles. The minimum absolute atomic E-state index is 0.0383. The molecule has 0 aliphatic rings. The summed E-state index contributed by atoms with van der Waals surface area (Å²) in [5, 5.41) is 5.11. The second kappa shape index (κ2) is 9.13. The molecule has 3 rings (SSSR count). The molecular weight excluding hydrogens is 398 g/mol. The van der Waals surface area contributed by atoms with Crippen LogP contribution in [0.3, 0.4) is 0 Å². The highest BCUT2D eigenvalue weighted by Gasteiger charge is 2.23. The van der Waals surface area contributed by atoms with E-state index in [1.807, 2.05) is 17.5 Å². The van der Waals surface area contributed by atoms with Crippen molar-refractivity contribution in [3.8, 4) is 11.1 Å². The fraction of sp³-hybridized carbons (Fsp3) is 0.250. The number of ether oxygens (including phenoxy) is 1. The van der Waals surface area contributed by atoms with Crippen molar-refractivity contribution in [1.29, 1.82) is 0 Å². The summed E-state index contributed by atoms with van der Waals surface area (Å²) in [6.45, 7) is 8.47. The minimum Gasteiger partial charge on any atom is -0.465 e. The van der Waals surface area contributed by atoms with Gasteiger partial charge in [0.25, 0.3) is 0 Å². The van der Waals surface area contributed by atoms with Crippen molar-refractivity contribution >= 4 is 34.3 Å². The normalized spacial score (nSPS) is 11.6. The molecule has 0 bridgehead atoms. The molecule has 2 heterocycles. The van der Waals surface area contributed by atoms with E-state index < -0.39 is 5.97 Å². The van der Waals surface area contributed by atoms with Gasteiger partial charge in [0.2, 0.25) is 5.91 Å². The fourth-order valence-electron chi connectivity index (χ4n) is 2.92. The lowest BCUT2D eigenvalue weighted by molar-refractivity contribution is -0.111. The maximum absolute atomic E-state index is 12.7. The van der Waals surface area contributed by atoms with Gasteiger partial charge in [0.15, 0.2) is 0 Å². The van der Waals surface area contributed by atoms with E-state index in [2.05, 4.69) is 38.2 Å². The zero-order valence-electron chi connectivity index (χ0n) is 17.5. The Bertz CT molecular complexity index is 1040. The maximum atomic E-state index is 12.7. The molecule has 3 aromatic rings. The van der Waals surface area contributed by atoms with E-state index in [1.165, 1.54) is 29.2 Å². The monoisotopic (exact) mass is 423 g/mol. The van der Waals surface area contributed by atoms with Crippen LogP contribution in [0.25, 0.3) is 17.2 Å². The van der Waals surface area contributed by atoms with Crippen LogP contribution in [0.4, 0.5) is 5.00 Å². The van der Waals surface area contributed by atoms with E-state index in [1.54, 1.807) is 25.1 Å². The molecule has 0 atom stereocenters. The number of esters is 1. The number of benzene rings is 1. The lowest BCUT2D eigenvalue weighted by Crippen LogP contribution is -2.12. The molecule has 0 aliphatic heterocycles. The summed E-state index contributed by atoms with van der Waals surface area (Å²) in [5.74, 6) is -0.242. The molecule has 156 valence electrons. The molecule has 6 heteroatoms. The van der Waals surface area contributed by atoms with Crippen LogP contribution < -0.4 is 5.32 Å². The summed E-state index contributed by atoms with van der Waals surface area (Å²) >= 11 is 1.30. The predicted octanol–water partition coefficient (Wildman–Crippen LogP) is 6.13. The minimum atomic E-state index is -0.459. The first kappa shape index (κ1) is 21.6. The number of furan rings is 1. The molecule has 0 saturated heterocycles. The molecule has 1 amide bonds. The average molecular weight is 424 g/mol. The summed E-state index contributed by atoms with van der Waals surface area (Å²) in [7, 11) is 0. The van der Waals surface area contributed by atoms with Crippen molar-refractivity contribution in [3.05, 3.63) is 71.0 Å². The van der Waals surface area contributed by atoms with Gasteiger partial charge in [-0.05, 0) is 41.7 Å². The topological polar surface area (TPSA) is 68.5 Å². The highest BCUT2D eigenvalue weighted by atomic mass is 32.1. The molecule has 5 nitrogen and oxygen atoms in total. The number of hydrogen-bond donors (Lipinski definition) is 1. The van der Waals surface area contributed by atoms with Crippen LogP contribution in [0.15, 0.2) is 58.5 Å². The number of amides is 1. The average Bonchev–Trinajstić information content (AvgIpc) is 3.36. The van der Waals surface area contributed by atoms with Gasteiger partial charge >= 0.3 is 5.97 Å².